The normalized spacial score (nSPS) is 19.3. The SMILES string of the molecule is COCCN1C(=O)CS[C@@H]1c1ccc(OC)cc1. The van der Waals surface area contributed by atoms with Gasteiger partial charge in [0.15, 0.2) is 0 Å². The van der Waals surface area contributed by atoms with Gasteiger partial charge < -0.3 is 14.4 Å². The predicted octanol–water partition coefficient (Wildman–Crippen LogP) is 1.92. The lowest BCUT2D eigenvalue weighted by Gasteiger charge is -2.23. The van der Waals surface area contributed by atoms with E-state index in [9.17, 15) is 4.79 Å². The van der Waals surface area contributed by atoms with Crippen molar-refractivity contribution in [1.82, 2.24) is 4.90 Å². The maximum absolute atomic E-state index is 11.8. The van der Waals surface area contributed by atoms with Gasteiger partial charge in [0.2, 0.25) is 5.91 Å². The number of carbonyl (C=O) groups excluding carboxylic acids is 1. The molecule has 1 heterocycles. The smallest absolute Gasteiger partial charge is 0.233 e. The zero-order valence-corrected chi connectivity index (χ0v) is 11.4. The molecular formula is C13H17NO3S. The average molecular weight is 267 g/mol. The molecule has 1 fully saturated rings. The molecule has 0 radical (unpaired) electrons. The van der Waals surface area contributed by atoms with Gasteiger partial charge in [-0.2, -0.15) is 0 Å². The van der Waals surface area contributed by atoms with E-state index in [1.165, 1.54) is 0 Å². The van der Waals surface area contributed by atoms with E-state index in [4.69, 9.17) is 9.47 Å². The Bertz CT molecular complexity index is 407. The second-order valence-corrected chi connectivity index (χ2v) is 5.08. The van der Waals surface area contributed by atoms with E-state index in [0.29, 0.717) is 18.9 Å². The molecule has 1 amide bonds. The molecule has 98 valence electrons. The van der Waals surface area contributed by atoms with Gasteiger partial charge in [0.25, 0.3) is 0 Å². The summed E-state index contributed by atoms with van der Waals surface area (Å²) < 4.78 is 10.2. The van der Waals surface area contributed by atoms with E-state index in [-0.39, 0.29) is 11.3 Å². The maximum Gasteiger partial charge on any atom is 0.233 e. The lowest BCUT2D eigenvalue weighted by Crippen LogP contribution is -2.31. The Balaban J connectivity index is 2.12. The quantitative estimate of drug-likeness (QED) is 0.817. The van der Waals surface area contributed by atoms with Crippen molar-refractivity contribution in [2.45, 2.75) is 5.37 Å². The molecule has 1 aliphatic rings. The highest BCUT2D eigenvalue weighted by molar-refractivity contribution is 8.00. The van der Waals surface area contributed by atoms with Crippen LogP contribution < -0.4 is 4.74 Å². The Kier molecular flexibility index (Phi) is 4.49. The summed E-state index contributed by atoms with van der Waals surface area (Å²) in [5.41, 5.74) is 1.13. The molecule has 0 N–H and O–H groups in total. The van der Waals surface area contributed by atoms with Crippen LogP contribution in [0.25, 0.3) is 0 Å². The molecule has 1 saturated heterocycles. The molecule has 5 heteroatoms. The van der Waals surface area contributed by atoms with E-state index in [1.807, 2.05) is 29.2 Å². The van der Waals surface area contributed by atoms with Crippen LogP contribution in [0, 0.1) is 0 Å². The average Bonchev–Trinajstić information content (AvgIpc) is 2.78. The van der Waals surface area contributed by atoms with Crippen LogP contribution in [0.3, 0.4) is 0 Å². The van der Waals surface area contributed by atoms with Gasteiger partial charge >= 0.3 is 0 Å². The van der Waals surface area contributed by atoms with E-state index in [0.717, 1.165) is 11.3 Å². The van der Waals surface area contributed by atoms with Crippen molar-refractivity contribution in [1.29, 1.82) is 0 Å². The fraction of sp³-hybridized carbons (Fsp3) is 0.462. The second-order valence-electron chi connectivity index (χ2n) is 4.02. The lowest BCUT2D eigenvalue weighted by atomic mass is 10.2. The van der Waals surface area contributed by atoms with E-state index >= 15 is 0 Å². The molecule has 0 unspecified atom stereocenters. The van der Waals surface area contributed by atoms with Crippen molar-refractivity contribution in [2.24, 2.45) is 0 Å². The number of amides is 1. The highest BCUT2D eigenvalue weighted by Gasteiger charge is 2.32. The number of nitrogens with zero attached hydrogens (tertiary/aromatic N) is 1. The first-order valence-corrected chi connectivity index (χ1v) is 6.85. The van der Waals surface area contributed by atoms with Gasteiger partial charge in [-0.05, 0) is 17.7 Å². The standard InChI is InChI=1S/C13H17NO3S/c1-16-8-7-14-12(15)9-18-13(14)10-3-5-11(17-2)6-4-10/h3-6,13H,7-9H2,1-2H3/t13-/m1/s1. The van der Waals surface area contributed by atoms with Crippen LogP contribution >= 0.6 is 11.8 Å². The number of hydrogen-bond donors (Lipinski definition) is 0. The van der Waals surface area contributed by atoms with Gasteiger partial charge in [0.1, 0.15) is 11.1 Å². The molecule has 1 aromatic carbocycles. The Morgan fingerprint density at radius 2 is 2.06 bits per heavy atom. The molecule has 18 heavy (non-hydrogen) atoms. The number of carbonyl (C=O) groups is 1. The highest BCUT2D eigenvalue weighted by atomic mass is 32.2. The van der Waals surface area contributed by atoms with Crippen LogP contribution in [0.5, 0.6) is 5.75 Å². The van der Waals surface area contributed by atoms with Gasteiger partial charge in [-0.1, -0.05) is 12.1 Å². The summed E-state index contributed by atoms with van der Waals surface area (Å²) in [7, 11) is 3.30. The van der Waals surface area contributed by atoms with Crippen LogP contribution in [0.2, 0.25) is 0 Å². The summed E-state index contributed by atoms with van der Waals surface area (Å²) in [5, 5.41) is 0.0959. The van der Waals surface area contributed by atoms with Crippen molar-refractivity contribution in [3.05, 3.63) is 29.8 Å². The zero-order chi connectivity index (χ0) is 13.0. The molecule has 0 aromatic heterocycles. The Morgan fingerprint density at radius 3 is 2.67 bits per heavy atom. The summed E-state index contributed by atoms with van der Waals surface area (Å²) in [6.07, 6.45) is 0. The largest absolute Gasteiger partial charge is 0.497 e. The van der Waals surface area contributed by atoms with E-state index in [1.54, 1.807) is 26.0 Å². The molecule has 0 saturated carbocycles. The molecule has 1 atom stereocenters. The van der Waals surface area contributed by atoms with Crippen molar-refractivity contribution in [3.63, 3.8) is 0 Å². The summed E-state index contributed by atoms with van der Waals surface area (Å²) in [6.45, 7) is 1.21. The Hall–Kier alpha value is -1.20. The molecular weight excluding hydrogens is 250 g/mol. The van der Waals surface area contributed by atoms with Crippen molar-refractivity contribution >= 4 is 17.7 Å². The number of thioether (sulfide) groups is 1. The van der Waals surface area contributed by atoms with Gasteiger partial charge in [-0.3, -0.25) is 4.79 Å². The number of methoxy groups -OCH3 is 2. The topological polar surface area (TPSA) is 38.8 Å². The van der Waals surface area contributed by atoms with Crippen molar-refractivity contribution in [2.75, 3.05) is 33.1 Å². The molecule has 0 bridgehead atoms. The number of benzene rings is 1. The van der Waals surface area contributed by atoms with Gasteiger partial charge in [-0.25, -0.2) is 0 Å². The number of ether oxygens (including phenoxy) is 2. The summed E-state index contributed by atoms with van der Waals surface area (Å²) in [4.78, 5) is 13.7. The lowest BCUT2D eigenvalue weighted by molar-refractivity contribution is -0.128. The minimum absolute atomic E-state index is 0.0959. The van der Waals surface area contributed by atoms with Crippen LogP contribution in [0.15, 0.2) is 24.3 Å². The third kappa shape index (κ3) is 2.79. The zero-order valence-electron chi connectivity index (χ0n) is 10.6. The molecule has 1 aromatic rings. The summed E-state index contributed by atoms with van der Waals surface area (Å²) in [6, 6.07) is 7.87. The second kappa shape index (κ2) is 6.11. The molecule has 1 aliphatic heterocycles. The monoisotopic (exact) mass is 267 g/mol. The minimum atomic E-state index is 0.0959. The molecule has 0 aliphatic carbocycles. The number of hydrogen-bond acceptors (Lipinski definition) is 4. The minimum Gasteiger partial charge on any atom is -0.497 e. The van der Waals surface area contributed by atoms with Crippen LogP contribution in [-0.4, -0.2) is 43.9 Å². The van der Waals surface area contributed by atoms with Crippen LogP contribution in [-0.2, 0) is 9.53 Å². The Morgan fingerprint density at radius 1 is 1.33 bits per heavy atom. The molecule has 0 spiro atoms. The first-order chi connectivity index (χ1) is 8.76. The third-order valence-electron chi connectivity index (χ3n) is 2.91. The van der Waals surface area contributed by atoms with Gasteiger partial charge in [0.05, 0.1) is 19.5 Å². The molecule has 2 rings (SSSR count). The predicted molar refractivity (Wildman–Crippen MR) is 71.8 cm³/mol. The van der Waals surface area contributed by atoms with Crippen LogP contribution in [0.4, 0.5) is 0 Å². The van der Waals surface area contributed by atoms with E-state index in [2.05, 4.69) is 0 Å². The summed E-state index contributed by atoms with van der Waals surface area (Å²) >= 11 is 1.66. The highest BCUT2D eigenvalue weighted by Crippen LogP contribution is 2.38. The third-order valence-corrected chi connectivity index (χ3v) is 4.16. The van der Waals surface area contributed by atoms with Crippen molar-refractivity contribution in [3.8, 4) is 5.75 Å². The van der Waals surface area contributed by atoms with Crippen molar-refractivity contribution < 1.29 is 14.3 Å². The Labute approximate surface area is 111 Å². The van der Waals surface area contributed by atoms with Crippen LogP contribution in [0.1, 0.15) is 10.9 Å². The van der Waals surface area contributed by atoms with Gasteiger partial charge in [0, 0.05) is 13.7 Å². The maximum atomic E-state index is 11.8. The first kappa shape index (κ1) is 13.2. The number of rotatable bonds is 5. The van der Waals surface area contributed by atoms with Gasteiger partial charge in [-0.15, -0.1) is 11.8 Å². The fourth-order valence-electron chi connectivity index (χ4n) is 1.93. The first-order valence-electron chi connectivity index (χ1n) is 5.80. The fourth-order valence-corrected chi connectivity index (χ4v) is 3.15. The molecule has 4 nitrogen and oxygen atoms in total. The summed E-state index contributed by atoms with van der Waals surface area (Å²) in [5.74, 6) is 1.55. The van der Waals surface area contributed by atoms with E-state index < -0.39 is 0 Å².